The monoisotopic (exact) mass is 369 g/mol. The van der Waals surface area contributed by atoms with E-state index in [-0.39, 0.29) is 17.8 Å². The van der Waals surface area contributed by atoms with E-state index in [2.05, 4.69) is 22.0 Å². The van der Waals surface area contributed by atoms with Crippen LogP contribution < -0.4 is 0 Å². The molecule has 2 aliphatic heterocycles. The van der Waals surface area contributed by atoms with Crippen LogP contribution in [0.5, 0.6) is 0 Å². The lowest BCUT2D eigenvalue weighted by molar-refractivity contribution is -0.164. The van der Waals surface area contributed by atoms with Gasteiger partial charge in [0.25, 0.3) is 5.91 Å². The van der Waals surface area contributed by atoms with Gasteiger partial charge in [0.1, 0.15) is 11.9 Å². The van der Waals surface area contributed by atoms with E-state index in [9.17, 15) is 9.18 Å². The number of pyridine rings is 1. The van der Waals surface area contributed by atoms with E-state index in [1.54, 1.807) is 12.1 Å². The van der Waals surface area contributed by atoms with Crippen molar-refractivity contribution in [2.75, 3.05) is 19.7 Å². The largest absolute Gasteiger partial charge is 0.290 e. The van der Waals surface area contributed by atoms with Crippen LogP contribution in [0.3, 0.4) is 0 Å². The molecule has 1 aromatic carbocycles. The summed E-state index contributed by atoms with van der Waals surface area (Å²) < 4.78 is 13.0. The summed E-state index contributed by atoms with van der Waals surface area (Å²) in [6.07, 6.45) is 3.92. The molecule has 1 unspecified atom stereocenters. The van der Waals surface area contributed by atoms with Crippen molar-refractivity contribution in [1.82, 2.24) is 14.9 Å². The van der Waals surface area contributed by atoms with Crippen molar-refractivity contribution in [3.63, 3.8) is 0 Å². The van der Waals surface area contributed by atoms with Gasteiger partial charge in [-0.2, -0.15) is 0 Å². The summed E-state index contributed by atoms with van der Waals surface area (Å²) in [4.78, 5) is 25.1. The molecule has 0 aliphatic carbocycles. The number of likely N-dealkylation sites (tertiary alicyclic amines) is 1. The lowest BCUT2D eigenvalue weighted by Gasteiger charge is -2.34. The minimum atomic E-state index is -0.281. The zero-order valence-corrected chi connectivity index (χ0v) is 15.5. The van der Waals surface area contributed by atoms with Crippen LogP contribution in [0.1, 0.15) is 35.6 Å². The van der Waals surface area contributed by atoms with E-state index in [4.69, 9.17) is 4.84 Å². The molecule has 27 heavy (non-hydrogen) atoms. The molecule has 2 fully saturated rings. The van der Waals surface area contributed by atoms with Crippen LogP contribution in [0, 0.1) is 12.7 Å². The predicted octanol–water partition coefficient (Wildman–Crippen LogP) is 3.05. The van der Waals surface area contributed by atoms with Crippen molar-refractivity contribution >= 4 is 5.91 Å². The molecular weight excluding hydrogens is 345 g/mol. The molecular formula is C21H24FN3O2. The third-order valence-electron chi connectivity index (χ3n) is 5.48. The number of carbonyl (C=O) groups is 1. The van der Waals surface area contributed by atoms with Crippen molar-refractivity contribution in [3.8, 4) is 0 Å². The van der Waals surface area contributed by atoms with Crippen LogP contribution >= 0.6 is 0 Å². The van der Waals surface area contributed by atoms with E-state index in [0.717, 1.165) is 37.2 Å². The lowest BCUT2D eigenvalue weighted by Crippen LogP contribution is -2.46. The normalized spacial score (nSPS) is 21.8. The molecule has 6 heteroatoms. The Balaban J connectivity index is 1.33. The molecule has 5 nitrogen and oxygen atoms in total. The lowest BCUT2D eigenvalue weighted by atomic mass is 9.92. The van der Waals surface area contributed by atoms with Crippen LogP contribution in [0.15, 0.2) is 42.6 Å². The number of hydrogen-bond donors (Lipinski definition) is 0. The minimum absolute atomic E-state index is 0.00811. The highest BCUT2D eigenvalue weighted by molar-refractivity contribution is 5.82. The highest BCUT2D eigenvalue weighted by Crippen LogP contribution is 2.29. The highest BCUT2D eigenvalue weighted by Gasteiger charge is 2.39. The Kier molecular flexibility index (Phi) is 5.18. The molecule has 1 aromatic heterocycles. The van der Waals surface area contributed by atoms with Gasteiger partial charge >= 0.3 is 0 Å². The Hall–Kier alpha value is -2.31. The van der Waals surface area contributed by atoms with Crippen LogP contribution in [0.2, 0.25) is 0 Å². The van der Waals surface area contributed by atoms with Crippen LogP contribution in [0.4, 0.5) is 4.39 Å². The van der Waals surface area contributed by atoms with E-state index in [0.29, 0.717) is 19.1 Å². The number of benzene rings is 1. The van der Waals surface area contributed by atoms with E-state index < -0.39 is 0 Å². The molecule has 142 valence electrons. The van der Waals surface area contributed by atoms with Crippen molar-refractivity contribution in [1.29, 1.82) is 0 Å². The zero-order chi connectivity index (χ0) is 18.8. The van der Waals surface area contributed by atoms with Gasteiger partial charge in [0.2, 0.25) is 0 Å². The molecule has 0 spiro atoms. The Labute approximate surface area is 158 Å². The number of halogens is 1. The summed E-state index contributed by atoms with van der Waals surface area (Å²) in [5, 5.41) is 1.41. The van der Waals surface area contributed by atoms with Gasteiger partial charge in [-0.15, -0.1) is 0 Å². The van der Waals surface area contributed by atoms with E-state index in [1.165, 1.54) is 22.8 Å². The average Bonchev–Trinajstić information content (AvgIpc) is 3.05. The molecule has 3 heterocycles. The minimum Gasteiger partial charge on any atom is -0.290 e. The summed E-state index contributed by atoms with van der Waals surface area (Å²) >= 11 is 0. The van der Waals surface area contributed by atoms with Gasteiger partial charge in [-0.3, -0.25) is 19.5 Å². The first kappa shape index (κ1) is 18.1. The van der Waals surface area contributed by atoms with Crippen molar-refractivity contribution in [2.24, 2.45) is 0 Å². The van der Waals surface area contributed by atoms with E-state index in [1.807, 2.05) is 13.1 Å². The molecule has 2 saturated heterocycles. The van der Waals surface area contributed by atoms with Crippen LogP contribution in [0.25, 0.3) is 0 Å². The maximum absolute atomic E-state index is 13.0. The predicted molar refractivity (Wildman–Crippen MR) is 99.2 cm³/mol. The van der Waals surface area contributed by atoms with Crippen molar-refractivity contribution in [3.05, 3.63) is 65.2 Å². The van der Waals surface area contributed by atoms with Gasteiger partial charge in [0.05, 0.1) is 13.2 Å². The SMILES string of the molecule is Cc1ccc(C2CCN(C3CON(Cc4ccc(F)cc4)C3=O)CC2)nc1. The first-order chi connectivity index (χ1) is 13.1. The number of nitrogens with zero attached hydrogens (tertiary/aromatic N) is 3. The average molecular weight is 369 g/mol. The third kappa shape index (κ3) is 4.01. The molecule has 1 amide bonds. The Bertz CT molecular complexity index is 786. The zero-order valence-electron chi connectivity index (χ0n) is 15.5. The van der Waals surface area contributed by atoms with Gasteiger partial charge in [-0.25, -0.2) is 9.45 Å². The number of amides is 1. The molecule has 2 aromatic rings. The Morgan fingerprint density at radius 2 is 1.89 bits per heavy atom. The third-order valence-corrected chi connectivity index (χ3v) is 5.48. The first-order valence-corrected chi connectivity index (χ1v) is 9.45. The topological polar surface area (TPSA) is 45.7 Å². The van der Waals surface area contributed by atoms with Crippen LogP contribution in [-0.2, 0) is 16.2 Å². The molecule has 0 radical (unpaired) electrons. The summed E-state index contributed by atoms with van der Waals surface area (Å²) in [7, 11) is 0. The maximum atomic E-state index is 13.0. The Morgan fingerprint density at radius 3 is 2.56 bits per heavy atom. The number of rotatable bonds is 4. The van der Waals surface area contributed by atoms with Crippen LogP contribution in [-0.4, -0.2) is 46.6 Å². The van der Waals surface area contributed by atoms with Crippen molar-refractivity contribution < 1.29 is 14.0 Å². The first-order valence-electron chi connectivity index (χ1n) is 9.45. The molecule has 0 bridgehead atoms. The van der Waals surface area contributed by atoms with Gasteiger partial charge in [-0.1, -0.05) is 18.2 Å². The summed E-state index contributed by atoms with van der Waals surface area (Å²) in [5.74, 6) is 0.164. The standard InChI is InChI=1S/C21H24FN3O2/c1-15-2-7-19(23-12-15)17-8-10-24(11-9-17)20-14-27-25(21(20)26)13-16-3-5-18(22)6-4-16/h2-7,12,17,20H,8-11,13-14H2,1H3. The van der Waals surface area contributed by atoms with Gasteiger partial charge in [0.15, 0.2) is 0 Å². The van der Waals surface area contributed by atoms with Gasteiger partial charge < -0.3 is 0 Å². The summed E-state index contributed by atoms with van der Waals surface area (Å²) in [6, 6.07) is 10.2. The quantitative estimate of drug-likeness (QED) is 0.831. The smallest absolute Gasteiger partial charge is 0.266 e. The van der Waals surface area contributed by atoms with Gasteiger partial charge in [-0.05, 0) is 62.2 Å². The molecule has 4 rings (SSSR count). The number of piperidine rings is 1. The summed E-state index contributed by atoms with van der Waals surface area (Å²) in [5.41, 5.74) is 3.17. The molecule has 2 aliphatic rings. The fourth-order valence-electron chi connectivity index (χ4n) is 3.83. The second-order valence-electron chi connectivity index (χ2n) is 7.38. The number of hydrogen-bond acceptors (Lipinski definition) is 4. The second kappa shape index (κ2) is 7.74. The summed E-state index contributed by atoms with van der Waals surface area (Å²) in [6.45, 7) is 4.50. The Morgan fingerprint density at radius 1 is 1.15 bits per heavy atom. The molecule has 0 saturated carbocycles. The number of carbonyl (C=O) groups excluding carboxylic acids is 1. The molecule has 0 N–H and O–H groups in total. The van der Waals surface area contributed by atoms with E-state index >= 15 is 0 Å². The number of hydroxylamine groups is 2. The fraction of sp³-hybridized carbons (Fsp3) is 0.429. The fourth-order valence-corrected chi connectivity index (χ4v) is 3.83. The maximum Gasteiger partial charge on any atom is 0.266 e. The van der Waals surface area contributed by atoms with Gasteiger partial charge in [0, 0.05) is 17.8 Å². The highest BCUT2D eigenvalue weighted by atomic mass is 19.1. The molecule has 1 atom stereocenters. The number of aromatic nitrogens is 1. The number of aryl methyl sites for hydroxylation is 1. The second-order valence-corrected chi connectivity index (χ2v) is 7.38. The van der Waals surface area contributed by atoms with Crippen molar-refractivity contribution in [2.45, 2.75) is 38.3 Å².